The van der Waals surface area contributed by atoms with Crippen molar-refractivity contribution in [3.8, 4) is 67.8 Å². The molecule has 0 fully saturated rings. The van der Waals surface area contributed by atoms with Crippen molar-refractivity contribution in [2.75, 3.05) is 0 Å². The fraction of sp³-hybridized carbons (Fsp3) is 0.0571. The van der Waals surface area contributed by atoms with Gasteiger partial charge in [0.25, 0.3) is 6.33 Å². The maximum Gasteiger partial charge on any atom is 0.268 e. The first-order chi connectivity index (χ1) is 41.5. The summed E-state index contributed by atoms with van der Waals surface area (Å²) in [6, 6.07) is 59.5. The van der Waals surface area contributed by atoms with Crippen molar-refractivity contribution in [1.29, 1.82) is 0 Å². The maximum absolute atomic E-state index is 9.16. The second kappa shape index (κ2) is 19.2. The van der Waals surface area contributed by atoms with E-state index in [1.54, 1.807) is 27.3 Å². The molecular formula is C70H49N5OPt-2. The maximum atomic E-state index is 9.16. The van der Waals surface area contributed by atoms with Crippen LogP contribution in [-0.2, 0) is 26.5 Å². The molecule has 10 aromatic carbocycles. The van der Waals surface area contributed by atoms with Crippen LogP contribution in [0, 0.1) is 18.5 Å². The summed E-state index contributed by atoms with van der Waals surface area (Å²) in [5.41, 5.74) is 9.05. The second-order valence-corrected chi connectivity index (χ2v) is 19.7. The number of fused-ring (bicyclic) bond motifs is 7. The number of hydrogen-bond acceptors (Lipinski definition) is 2. The molecule has 14 aromatic rings. The van der Waals surface area contributed by atoms with E-state index in [-0.39, 0.29) is 54.4 Å². The first kappa shape index (κ1) is 37.6. The van der Waals surface area contributed by atoms with E-state index in [4.69, 9.17) is 23.4 Å². The van der Waals surface area contributed by atoms with E-state index in [0.29, 0.717) is 28.2 Å². The van der Waals surface area contributed by atoms with Gasteiger partial charge >= 0.3 is 0 Å². The Bertz CT molecular complexity index is 4970. The van der Waals surface area contributed by atoms with E-state index in [0.717, 1.165) is 71.8 Å². The van der Waals surface area contributed by atoms with Crippen LogP contribution in [0.15, 0.2) is 243 Å². The van der Waals surface area contributed by atoms with Gasteiger partial charge in [0.2, 0.25) is 0 Å². The van der Waals surface area contributed by atoms with Crippen LogP contribution in [0.5, 0.6) is 11.5 Å². The third-order valence-electron chi connectivity index (χ3n) is 14.1. The number of pyridine rings is 1. The van der Waals surface area contributed by atoms with Gasteiger partial charge in [-0.1, -0.05) is 213 Å². The molecule has 7 heteroatoms. The molecule has 77 heavy (non-hydrogen) atoms. The summed E-state index contributed by atoms with van der Waals surface area (Å²) < 4.78 is 103. The van der Waals surface area contributed by atoms with Crippen LogP contribution in [0.3, 0.4) is 0 Å². The molecule has 0 radical (unpaired) electrons. The Balaban J connectivity index is 0.00000700. The summed E-state index contributed by atoms with van der Waals surface area (Å²) in [5, 5.41) is 4.04. The zero-order valence-electron chi connectivity index (χ0n) is 51.8. The summed E-state index contributed by atoms with van der Waals surface area (Å²) in [6.07, 6.45) is 5.33. The van der Waals surface area contributed by atoms with Crippen molar-refractivity contribution in [3.63, 3.8) is 0 Å². The smallest absolute Gasteiger partial charge is 0.268 e. The Labute approximate surface area is 475 Å². The van der Waals surface area contributed by atoms with Crippen LogP contribution >= 0.6 is 0 Å². The normalized spacial score (nSPS) is 13.5. The average molecular weight is 1180 g/mol. The topological polar surface area (TPSA) is 40.8 Å². The van der Waals surface area contributed by atoms with Gasteiger partial charge in [-0.25, -0.2) is 4.98 Å². The molecule has 0 aliphatic heterocycles. The van der Waals surface area contributed by atoms with E-state index < -0.39 is 60.4 Å². The van der Waals surface area contributed by atoms with Crippen LogP contribution < -0.4 is 9.30 Å². The number of hydrogen-bond donors (Lipinski definition) is 0. The predicted octanol–water partition coefficient (Wildman–Crippen LogP) is 17.0. The molecule has 372 valence electrons. The van der Waals surface area contributed by atoms with E-state index >= 15 is 0 Å². The van der Waals surface area contributed by atoms with Crippen molar-refractivity contribution in [3.05, 3.63) is 267 Å². The number of nitrogens with zero attached hydrogens (tertiary/aromatic N) is 5. The van der Waals surface area contributed by atoms with Gasteiger partial charge in [-0.2, -0.15) is 12.1 Å². The second-order valence-electron chi connectivity index (χ2n) is 19.7. The molecule has 0 atom stereocenters. The van der Waals surface area contributed by atoms with Crippen LogP contribution in [0.1, 0.15) is 40.0 Å². The van der Waals surface area contributed by atoms with E-state index in [9.17, 15) is 0 Å². The summed E-state index contributed by atoms with van der Waals surface area (Å²) in [5.74, 6) is 1.43. The molecule has 4 aromatic heterocycles. The molecule has 0 N–H and O–H groups in total. The number of para-hydroxylation sites is 5. The zero-order chi connectivity index (χ0) is 59.6. The molecule has 0 bridgehead atoms. The van der Waals surface area contributed by atoms with E-state index in [2.05, 4.69) is 121 Å². The molecule has 4 heterocycles. The Kier molecular flexibility index (Phi) is 9.40. The molecule has 0 unspecified atom stereocenters. The molecule has 0 aliphatic carbocycles. The van der Waals surface area contributed by atoms with Crippen molar-refractivity contribution in [2.45, 2.75) is 26.2 Å². The van der Waals surface area contributed by atoms with Crippen LogP contribution in [0.25, 0.3) is 111 Å². The van der Waals surface area contributed by atoms with Gasteiger partial charge in [0.05, 0.1) is 30.4 Å². The van der Waals surface area contributed by atoms with Gasteiger partial charge in [0.15, 0.2) is 0 Å². The summed E-state index contributed by atoms with van der Waals surface area (Å²) >= 11 is 0. The number of ether oxygens (including phenoxy) is 1. The third kappa shape index (κ3) is 8.24. The minimum Gasteiger partial charge on any atom is -0.508 e. The molecule has 0 aliphatic rings. The first-order valence-electron chi connectivity index (χ1n) is 30.0. The Morgan fingerprint density at radius 3 is 1.83 bits per heavy atom. The predicted molar refractivity (Wildman–Crippen MR) is 309 cm³/mol. The first-order valence-corrected chi connectivity index (χ1v) is 25.0. The fourth-order valence-corrected chi connectivity index (χ4v) is 10.5. The van der Waals surface area contributed by atoms with Gasteiger partial charge in [0, 0.05) is 66.1 Å². The average Bonchev–Trinajstić information content (AvgIpc) is 1.67. The minimum absolute atomic E-state index is 0. The molecule has 0 saturated heterocycles. The number of benzene rings is 10. The monoisotopic (exact) mass is 1180 g/mol. The summed E-state index contributed by atoms with van der Waals surface area (Å²) in [6.45, 7) is 6.55. The molecule has 14 rings (SSSR count). The van der Waals surface area contributed by atoms with Gasteiger partial charge in [-0.05, 0) is 91.5 Å². The van der Waals surface area contributed by atoms with E-state index in [1.807, 2.05) is 91.1 Å². The Morgan fingerprint density at radius 1 is 0.519 bits per heavy atom. The largest absolute Gasteiger partial charge is 0.508 e. The zero-order valence-corrected chi connectivity index (χ0v) is 44.1. The fourth-order valence-electron chi connectivity index (χ4n) is 10.5. The van der Waals surface area contributed by atoms with Gasteiger partial charge < -0.3 is 18.4 Å². The number of rotatable bonds is 9. The molecule has 0 amide bonds. The Hall–Kier alpha value is -9.09. The number of aromatic nitrogens is 5. The quantitative estimate of drug-likeness (QED) is 0.107. The third-order valence-corrected chi connectivity index (χ3v) is 14.1. The van der Waals surface area contributed by atoms with Crippen molar-refractivity contribution < 1.29 is 44.1 Å². The SMILES string of the molecule is [2H]c1c([2H])c([2H])c(-c2cccc(-c3c([2H])c([2H])c([2H])c([2H])c3[2H])c2-[n+]2[c-]n(-c3[c-]c(Oc4[c-]c5c(cc4-n4c6ccccc6c6ccccc64)c4cc(-c6ccccc6)ccc4n5-c4cc(C(C)(C)C)ccn4)ccc3)c3ccccc32)c([2H])c1[2H].[Pt]. The van der Waals surface area contributed by atoms with Crippen LogP contribution in [-0.4, -0.2) is 18.7 Å². The Morgan fingerprint density at radius 2 is 1.14 bits per heavy atom. The summed E-state index contributed by atoms with van der Waals surface area (Å²) in [4.78, 5) is 5.02. The standard InChI is InChI=1S/C70H49N5O.Pt/c1-70(2,3)51-39-40-71-68(42-51)75-62-38-37-50(47-21-7-4-8-22-47)41-58(62)59-44-66(74-60-33-15-13-29-56(60)57-30-14-16-34-61(57)74)67(45-65(59)75)76-53-28-19-27-52(43-53)72-46-73(64-36-18-17-35-63(64)72)69-54(48-23-9-5-10-24-48)31-20-32-55(69)49-25-11-6-12-26-49;/h4-42,44H,1-3H3;/q-2;/i5D,6D,9D,10D,11D,12D,23D,24D,25D,26D;. The van der Waals surface area contributed by atoms with Crippen LogP contribution in [0.4, 0.5) is 0 Å². The molecular weight excluding hydrogens is 1120 g/mol. The summed E-state index contributed by atoms with van der Waals surface area (Å²) in [7, 11) is 0. The van der Waals surface area contributed by atoms with Crippen molar-refractivity contribution >= 4 is 54.6 Å². The van der Waals surface area contributed by atoms with Crippen molar-refractivity contribution in [2.24, 2.45) is 0 Å². The molecule has 6 nitrogen and oxygen atoms in total. The molecule has 0 saturated carbocycles. The minimum atomic E-state index is -0.581. The van der Waals surface area contributed by atoms with E-state index in [1.165, 1.54) is 0 Å². The van der Waals surface area contributed by atoms with Crippen molar-refractivity contribution in [1.82, 2.24) is 18.7 Å². The van der Waals surface area contributed by atoms with Gasteiger partial charge in [-0.15, -0.1) is 24.3 Å². The molecule has 0 spiro atoms. The van der Waals surface area contributed by atoms with Gasteiger partial charge in [0.1, 0.15) is 5.82 Å². The number of imidazole rings is 1. The van der Waals surface area contributed by atoms with Gasteiger partial charge in [-0.3, -0.25) is 4.57 Å². The van der Waals surface area contributed by atoms with Crippen LogP contribution in [0.2, 0.25) is 0 Å².